The van der Waals surface area contributed by atoms with E-state index in [1.807, 2.05) is 0 Å². The fraction of sp³-hybridized carbons (Fsp3) is 0.476. The van der Waals surface area contributed by atoms with Gasteiger partial charge in [-0.3, -0.25) is 9.69 Å². The standard InChI is InChI=1S/C21H26N2O2/c1-14(2)25-20-8-7-15-5-3-4-6-18(15)19(20)13-23-11-16-9-21(24)22-10-17(16)12-23/h3-8,14,16-17H,9-13H2,1-2H3,(H,22,24)/t16-,17+/m1/s1. The largest absolute Gasteiger partial charge is 0.491 e. The molecular weight excluding hydrogens is 312 g/mol. The van der Waals surface area contributed by atoms with Crippen LogP contribution < -0.4 is 10.1 Å². The van der Waals surface area contributed by atoms with Crippen molar-refractivity contribution in [3.05, 3.63) is 42.0 Å². The van der Waals surface area contributed by atoms with Gasteiger partial charge in [-0.2, -0.15) is 0 Å². The van der Waals surface area contributed by atoms with Gasteiger partial charge in [-0.25, -0.2) is 0 Å². The van der Waals surface area contributed by atoms with Crippen LogP contribution in [-0.4, -0.2) is 36.5 Å². The zero-order valence-corrected chi connectivity index (χ0v) is 15.0. The van der Waals surface area contributed by atoms with Gasteiger partial charge in [0, 0.05) is 38.2 Å². The summed E-state index contributed by atoms with van der Waals surface area (Å²) >= 11 is 0. The monoisotopic (exact) mass is 338 g/mol. The molecule has 4 heteroatoms. The molecule has 2 aromatic carbocycles. The maximum atomic E-state index is 11.7. The number of fused-ring (bicyclic) bond motifs is 2. The van der Waals surface area contributed by atoms with Gasteiger partial charge in [-0.1, -0.05) is 30.3 Å². The Balaban J connectivity index is 1.62. The minimum Gasteiger partial charge on any atom is -0.491 e. The summed E-state index contributed by atoms with van der Waals surface area (Å²) in [5.41, 5.74) is 1.27. The highest BCUT2D eigenvalue weighted by Crippen LogP contribution is 2.34. The maximum Gasteiger partial charge on any atom is 0.220 e. The first-order valence-electron chi connectivity index (χ1n) is 9.26. The lowest BCUT2D eigenvalue weighted by Crippen LogP contribution is -2.39. The molecular formula is C21H26N2O2. The van der Waals surface area contributed by atoms with Crippen molar-refractivity contribution in [2.45, 2.75) is 32.9 Å². The SMILES string of the molecule is CC(C)Oc1ccc2ccccc2c1CN1C[C@H]2CC(=O)NC[C@H]2C1. The van der Waals surface area contributed by atoms with Gasteiger partial charge in [0.15, 0.2) is 0 Å². The van der Waals surface area contributed by atoms with E-state index in [4.69, 9.17) is 4.74 Å². The Morgan fingerprint density at radius 3 is 2.80 bits per heavy atom. The van der Waals surface area contributed by atoms with Crippen molar-refractivity contribution in [1.82, 2.24) is 10.2 Å². The molecule has 0 aromatic heterocycles. The minimum atomic E-state index is 0.155. The summed E-state index contributed by atoms with van der Waals surface area (Å²) in [4.78, 5) is 14.2. The number of carbonyl (C=O) groups is 1. The highest BCUT2D eigenvalue weighted by Gasteiger charge is 2.37. The highest BCUT2D eigenvalue weighted by molar-refractivity contribution is 5.87. The summed E-state index contributed by atoms with van der Waals surface area (Å²) in [6.45, 7) is 7.90. The summed E-state index contributed by atoms with van der Waals surface area (Å²) in [6, 6.07) is 12.8. The fourth-order valence-electron chi connectivity index (χ4n) is 4.25. The number of nitrogens with zero attached hydrogens (tertiary/aromatic N) is 1. The molecule has 2 heterocycles. The van der Waals surface area contributed by atoms with Crippen LogP contribution in [0, 0.1) is 11.8 Å². The van der Waals surface area contributed by atoms with Crippen molar-refractivity contribution < 1.29 is 9.53 Å². The molecule has 2 aromatic rings. The Labute approximate surface area is 149 Å². The molecule has 2 aliphatic heterocycles. The lowest BCUT2D eigenvalue weighted by molar-refractivity contribution is -0.124. The van der Waals surface area contributed by atoms with Gasteiger partial charge in [-0.15, -0.1) is 0 Å². The van der Waals surface area contributed by atoms with Crippen LogP contribution in [0.25, 0.3) is 10.8 Å². The Hall–Kier alpha value is -2.07. The van der Waals surface area contributed by atoms with Crippen molar-refractivity contribution in [2.75, 3.05) is 19.6 Å². The van der Waals surface area contributed by atoms with E-state index >= 15 is 0 Å². The molecule has 0 aliphatic carbocycles. The molecule has 4 rings (SSSR count). The second kappa shape index (κ2) is 6.68. The molecule has 2 aliphatic rings. The smallest absolute Gasteiger partial charge is 0.220 e. The Kier molecular flexibility index (Phi) is 4.38. The summed E-state index contributed by atoms with van der Waals surface area (Å²) < 4.78 is 6.11. The summed E-state index contributed by atoms with van der Waals surface area (Å²) in [6.07, 6.45) is 0.828. The molecule has 25 heavy (non-hydrogen) atoms. The number of rotatable bonds is 4. The third-order valence-corrected chi connectivity index (χ3v) is 5.40. The van der Waals surface area contributed by atoms with Crippen LogP contribution in [0.4, 0.5) is 0 Å². The van der Waals surface area contributed by atoms with E-state index in [9.17, 15) is 4.79 Å². The molecule has 0 unspecified atom stereocenters. The zero-order chi connectivity index (χ0) is 17.4. The second-order valence-electron chi connectivity index (χ2n) is 7.65. The number of piperidine rings is 1. The molecule has 0 radical (unpaired) electrons. The van der Waals surface area contributed by atoms with E-state index in [1.54, 1.807) is 0 Å². The van der Waals surface area contributed by atoms with Gasteiger partial charge in [0.05, 0.1) is 6.10 Å². The highest BCUT2D eigenvalue weighted by atomic mass is 16.5. The zero-order valence-electron chi connectivity index (χ0n) is 15.0. The van der Waals surface area contributed by atoms with Gasteiger partial charge in [0.1, 0.15) is 5.75 Å². The molecule has 1 N–H and O–H groups in total. The van der Waals surface area contributed by atoms with Crippen LogP contribution in [-0.2, 0) is 11.3 Å². The van der Waals surface area contributed by atoms with Crippen LogP contribution in [0.15, 0.2) is 36.4 Å². The van der Waals surface area contributed by atoms with E-state index in [-0.39, 0.29) is 12.0 Å². The van der Waals surface area contributed by atoms with Gasteiger partial charge in [0.25, 0.3) is 0 Å². The lowest BCUT2D eigenvalue weighted by Gasteiger charge is -2.23. The summed E-state index contributed by atoms with van der Waals surface area (Å²) in [7, 11) is 0. The number of hydrogen-bond donors (Lipinski definition) is 1. The summed E-state index contributed by atoms with van der Waals surface area (Å²) in [5, 5.41) is 5.53. The molecule has 132 valence electrons. The van der Waals surface area contributed by atoms with Gasteiger partial charge in [-0.05, 0) is 42.5 Å². The van der Waals surface area contributed by atoms with E-state index in [0.29, 0.717) is 18.3 Å². The number of hydrogen-bond acceptors (Lipinski definition) is 3. The van der Waals surface area contributed by atoms with Crippen LogP contribution in [0.3, 0.4) is 0 Å². The van der Waals surface area contributed by atoms with Crippen LogP contribution in [0.1, 0.15) is 25.8 Å². The normalized spacial score (nSPS) is 23.7. The molecule has 2 saturated heterocycles. The number of amides is 1. The van der Waals surface area contributed by atoms with Crippen molar-refractivity contribution in [2.24, 2.45) is 11.8 Å². The number of benzene rings is 2. The average molecular weight is 338 g/mol. The predicted molar refractivity (Wildman–Crippen MR) is 99.6 cm³/mol. The molecule has 1 amide bonds. The van der Waals surface area contributed by atoms with Crippen molar-refractivity contribution in [3.63, 3.8) is 0 Å². The molecule has 2 atom stereocenters. The average Bonchev–Trinajstić information content (AvgIpc) is 2.98. The van der Waals surface area contributed by atoms with E-state index in [0.717, 1.165) is 31.9 Å². The number of nitrogens with one attached hydrogen (secondary N) is 1. The van der Waals surface area contributed by atoms with E-state index < -0.39 is 0 Å². The van der Waals surface area contributed by atoms with Gasteiger partial charge < -0.3 is 10.1 Å². The van der Waals surface area contributed by atoms with Gasteiger partial charge >= 0.3 is 0 Å². The fourth-order valence-corrected chi connectivity index (χ4v) is 4.25. The van der Waals surface area contributed by atoms with Gasteiger partial charge in [0.2, 0.25) is 5.91 Å². The summed E-state index contributed by atoms with van der Waals surface area (Å²) in [5.74, 6) is 2.27. The molecule has 0 bridgehead atoms. The van der Waals surface area contributed by atoms with Crippen molar-refractivity contribution in [3.8, 4) is 5.75 Å². The molecule has 0 spiro atoms. The number of carbonyl (C=O) groups excluding carboxylic acids is 1. The first-order valence-corrected chi connectivity index (χ1v) is 9.26. The Morgan fingerprint density at radius 2 is 1.96 bits per heavy atom. The number of likely N-dealkylation sites (tertiary alicyclic amines) is 1. The third-order valence-electron chi connectivity index (χ3n) is 5.40. The van der Waals surface area contributed by atoms with Crippen LogP contribution in [0.5, 0.6) is 5.75 Å². The number of ether oxygens (including phenoxy) is 1. The van der Waals surface area contributed by atoms with E-state index in [1.165, 1.54) is 16.3 Å². The van der Waals surface area contributed by atoms with Crippen LogP contribution >= 0.6 is 0 Å². The molecule has 2 fully saturated rings. The topological polar surface area (TPSA) is 41.6 Å². The van der Waals surface area contributed by atoms with Crippen molar-refractivity contribution >= 4 is 16.7 Å². The first-order chi connectivity index (χ1) is 12.1. The third kappa shape index (κ3) is 3.36. The predicted octanol–water partition coefficient (Wildman–Crippen LogP) is 3.19. The quantitative estimate of drug-likeness (QED) is 0.931. The minimum absolute atomic E-state index is 0.155. The molecule has 4 nitrogen and oxygen atoms in total. The molecule has 0 saturated carbocycles. The van der Waals surface area contributed by atoms with Crippen molar-refractivity contribution in [1.29, 1.82) is 0 Å². The first kappa shape index (κ1) is 16.4. The van der Waals surface area contributed by atoms with E-state index in [2.05, 4.69) is 60.5 Å². The Bertz CT molecular complexity index is 787. The second-order valence-corrected chi connectivity index (χ2v) is 7.65. The lowest BCUT2D eigenvalue weighted by atomic mass is 9.89. The maximum absolute atomic E-state index is 11.7. The van der Waals surface area contributed by atoms with Crippen LogP contribution in [0.2, 0.25) is 0 Å². The Morgan fingerprint density at radius 1 is 1.16 bits per heavy atom.